The molecular weight excluding hydrogens is 248 g/mol. The number of carbonyl (C=O) groups excluding carboxylic acids is 1. The molecule has 0 aromatic rings. The Labute approximate surface area is 114 Å². The Kier molecular flexibility index (Phi) is 7.43. The fourth-order valence-corrected chi connectivity index (χ4v) is 2.18. The van der Waals surface area contributed by atoms with Crippen LogP contribution in [0.1, 0.15) is 32.6 Å². The zero-order chi connectivity index (χ0) is 14.1. The first kappa shape index (κ1) is 15.9. The molecule has 0 unspecified atom stereocenters. The standard InChI is InChI=1S/C13H24N2O4/c1-2-3-6-15-7-4-11(5-8-15)14-12(16)9-19-10-13(17)18/h11H,2-10H2,1H3,(H,14,16)(H,17,18). The molecule has 1 amide bonds. The van der Waals surface area contributed by atoms with Crippen molar-refractivity contribution in [2.75, 3.05) is 32.8 Å². The van der Waals surface area contributed by atoms with E-state index in [0.717, 1.165) is 32.5 Å². The average molecular weight is 272 g/mol. The van der Waals surface area contributed by atoms with Crippen LogP contribution in [0.5, 0.6) is 0 Å². The number of amides is 1. The number of hydrogen-bond acceptors (Lipinski definition) is 4. The molecule has 0 aromatic carbocycles. The number of hydrogen-bond donors (Lipinski definition) is 2. The molecule has 6 nitrogen and oxygen atoms in total. The molecule has 1 aliphatic heterocycles. The second-order valence-corrected chi connectivity index (χ2v) is 4.92. The van der Waals surface area contributed by atoms with E-state index in [2.05, 4.69) is 17.1 Å². The lowest BCUT2D eigenvalue weighted by Gasteiger charge is -2.32. The van der Waals surface area contributed by atoms with Gasteiger partial charge >= 0.3 is 5.97 Å². The van der Waals surface area contributed by atoms with Crippen LogP contribution in [0.2, 0.25) is 0 Å². The van der Waals surface area contributed by atoms with Crippen molar-refractivity contribution in [2.45, 2.75) is 38.6 Å². The third kappa shape index (κ3) is 7.12. The molecule has 1 aliphatic rings. The number of ether oxygens (including phenoxy) is 1. The van der Waals surface area contributed by atoms with Crippen LogP contribution in [0.4, 0.5) is 0 Å². The van der Waals surface area contributed by atoms with Crippen LogP contribution in [-0.2, 0) is 14.3 Å². The average Bonchev–Trinajstić information content (AvgIpc) is 2.37. The fourth-order valence-electron chi connectivity index (χ4n) is 2.18. The van der Waals surface area contributed by atoms with Crippen LogP contribution in [0.15, 0.2) is 0 Å². The van der Waals surface area contributed by atoms with Gasteiger partial charge in [-0.05, 0) is 25.8 Å². The minimum Gasteiger partial charge on any atom is -0.480 e. The van der Waals surface area contributed by atoms with Crippen molar-refractivity contribution in [1.82, 2.24) is 10.2 Å². The zero-order valence-corrected chi connectivity index (χ0v) is 11.6. The van der Waals surface area contributed by atoms with Gasteiger partial charge in [-0.15, -0.1) is 0 Å². The van der Waals surface area contributed by atoms with Crippen LogP contribution < -0.4 is 5.32 Å². The van der Waals surface area contributed by atoms with Crippen molar-refractivity contribution < 1.29 is 19.4 Å². The number of carboxylic acid groups (broad SMARTS) is 1. The molecule has 1 heterocycles. The van der Waals surface area contributed by atoms with Crippen LogP contribution in [0.3, 0.4) is 0 Å². The monoisotopic (exact) mass is 272 g/mol. The lowest BCUT2D eigenvalue weighted by Crippen LogP contribution is -2.45. The van der Waals surface area contributed by atoms with Gasteiger partial charge in [-0.1, -0.05) is 13.3 Å². The number of carbonyl (C=O) groups is 2. The molecule has 6 heteroatoms. The molecule has 0 atom stereocenters. The van der Waals surface area contributed by atoms with E-state index in [1.54, 1.807) is 0 Å². The van der Waals surface area contributed by atoms with Crippen molar-refractivity contribution in [1.29, 1.82) is 0 Å². The summed E-state index contributed by atoms with van der Waals surface area (Å²) in [6.45, 7) is 4.75. The number of piperidine rings is 1. The summed E-state index contributed by atoms with van der Waals surface area (Å²) in [5.74, 6) is -1.29. The summed E-state index contributed by atoms with van der Waals surface area (Å²) in [7, 11) is 0. The largest absolute Gasteiger partial charge is 0.480 e. The van der Waals surface area contributed by atoms with Gasteiger partial charge in [-0.2, -0.15) is 0 Å². The van der Waals surface area contributed by atoms with Crippen molar-refractivity contribution in [3.05, 3.63) is 0 Å². The summed E-state index contributed by atoms with van der Waals surface area (Å²) in [5.41, 5.74) is 0. The first-order valence-corrected chi connectivity index (χ1v) is 6.93. The van der Waals surface area contributed by atoms with E-state index in [-0.39, 0.29) is 18.6 Å². The summed E-state index contributed by atoms with van der Waals surface area (Å²) in [4.78, 5) is 24.2. The first-order valence-electron chi connectivity index (χ1n) is 6.93. The van der Waals surface area contributed by atoms with Crippen LogP contribution in [0.25, 0.3) is 0 Å². The van der Waals surface area contributed by atoms with Gasteiger partial charge in [-0.3, -0.25) is 4.79 Å². The highest BCUT2D eigenvalue weighted by Crippen LogP contribution is 2.10. The Morgan fingerprint density at radius 2 is 2.00 bits per heavy atom. The molecule has 110 valence electrons. The second kappa shape index (κ2) is 8.87. The minimum atomic E-state index is -1.06. The lowest BCUT2D eigenvalue weighted by atomic mass is 10.0. The van der Waals surface area contributed by atoms with E-state index in [4.69, 9.17) is 9.84 Å². The highest BCUT2D eigenvalue weighted by atomic mass is 16.5. The quantitative estimate of drug-likeness (QED) is 0.671. The van der Waals surface area contributed by atoms with Gasteiger partial charge in [0.2, 0.25) is 5.91 Å². The Morgan fingerprint density at radius 3 is 2.58 bits per heavy atom. The maximum Gasteiger partial charge on any atom is 0.329 e. The second-order valence-electron chi connectivity index (χ2n) is 4.92. The molecule has 1 saturated heterocycles. The highest BCUT2D eigenvalue weighted by molar-refractivity contribution is 5.78. The molecule has 1 rings (SSSR count). The number of nitrogens with zero attached hydrogens (tertiary/aromatic N) is 1. The molecule has 0 spiro atoms. The Balaban J connectivity index is 2.11. The van der Waals surface area contributed by atoms with Crippen LogP contribution >= 0.6 is 0 Å². The highest BCUT2D eigenvalue weighted by Gasteiger charge is 2.20. The Bertz CT molecular complexity index is 288. The maximum atomic E-state index is 11.5. The molecule has 1 fully saturated rings. The number of likely N-dealkylation sites (tertiary alicyclic amines) is 1. The fraction of sp³-hybridized carbons (Fsp3) is 0.846. The third-order valence-electron chi connectivity index (χ3n) is 3.24. The molecule has 19 heavy (non-hydrogen) atoms. The van der Waals surface area contributed by atoms with E-state index in [1.165, 1.54) is 12.8 Å². The number of rotatable bonds is 8. The van der Waals surface area contributed by atoms with E-state index < -0.39 is 12.6 Å². The predicted molar refractivity (Wildman–Crippen MR) is 71.0 cm³/mol. The molecule has 0 aliphatic carbocycles. The molecule has 2 N–H and O–H groups in total. The third-order valence-corrected chi connectivity index (χ3v) is 3.24. The van der Waals surface area contributed by atoms with Gasteiger partial charge in [0.1, 0.15) is 13.2 Å². The molecule has 0 saturated carbocycles. The summed E-state index contributed by atoms with van der Waals surface area (Å²) >= 11 is 0. The Morgan fingerprint density at radius 1 is 1.32 bits per heavy atom. The normalized spacial score (nSPS) is 17.3. The van der Waals surface area contributed by atoms with E-state index in [9.17, 15) is 9.59 Å². The number of unbranched alkanes of at least 4 members (excludes halogenated alkanes) is 1. The van der Waals surface area contributed by atoms with Crippen molar-refractivity contribution in [2.24, 2.45) is 0 Å². The van der Waals surface area contributed by atoms with Gasteiger partial charge in [0.05, 0.1) is 0 Å². The van der Waals surface area contributed by atoms with Gasteiger partial charge in [0.15, 0.2) is 0 Å². The topological polar surface area (TPSA) is 78.9 Å². The Hall–Kier alpha value is -1.14. The van der Waals surface area contributed by atoms with Crippen LogP contribution in [0, 0.1) is 0 Å². The number of aliphatic carboxylic acids is 1. The van der Waals surface area contributed by atoms with Gasteiger partial charge < -0.3 is 20.1 Å². The maximum absolute atomic E-state index is 11.5. The van der Waals surface area contributed by atoms with Gasteiger partial charge in [-0.25, -0.2) is 4.79 Å². The minimum absolute atomic E-state index is 0.178. The van der Waals surface area contributed by atoms with Crippen molar-refractivity contribution in [3.63, 3.8) is 0 Å². The molecule has 0 radical (unpaired) electrons. The lowest BCUT2D eigenvalue weighted by molar-refractivity contribution is -0.143. The molecule has 0 aromatic heterocycles. The van der Waals surface area contributed by atoms with Crippen LogP contribution in [-0.4, -0.2) is 60.8 Å². The summed E-state index contributed by atoms with van der Waals surface area (Å²) in [6.07, 6.45) is 4.33. The van der Waals surface area contributed by atoms with Gasteiger partial charge in [0.25, 0.3) is 0 Å². The predicted octanol–water partition coefficient (Wildman–Crippen LogP) is 0.468. The van der Waals surface area contributed by atoms with Gasteiger partial charge in [0, 0.05) is 19.1 Å². The zero-order valence-electron chi connectivity index (χ0n) is 11.6. The molecular formula is C13H24N2O4. The molecule has 0 bridgehead atoms. The summed E-state index contributed by atoms with van der Waals surface area (Å²) in [5, 5.41) is 11.3. The smallest absolute Gasteiger partial charge is 0.329 e. The summed E-state index contributed by atoms with van der Waals surface area (Å²) < 4.78 is 4.75. The SMILES string of the molecule is CCCCN1CCC(NC(=O)COCC(=O)O)CC1. The number of nitrogens with one attached hydrogen (secondary N) is 1. The number of carboxylic acids is 1. The first-order chi connectivity index (χ1) is 9.11. The van der Waals surface area contributed by atoms with E-state index >= 15 is 0 Å². The summed E-state index contributed by atoms with van der Waals surface area (Å²) in [6, 6.07) is 0.193. The van der Waals surface area contributed by atoms with Crippen molar-refractivity contribution in [3.8, 4) is 0 Å². The van der Waals surface area contributed by atoms with E-state index in [0.29, 0.717) is 0 Å². The van der Waals surface area contributed by atoms with E-state index in [1.807, 2.05) is 0 Å². The van der Waals surface area contributed by atoms with Crippen molar-refractivity contribution >= 4 is 11.9 Å².